The minimum absolute atomic E-state index is 0.442. The van der Waals surface area contributed by atoms with Gasteiger partial charge in [0.1, 0.15) is 24.0 Å². The molecule has 0 saturated carbocycles. The van der Waals surface area contributed by atoms with Gasteiger partial charge in [0.15, 0.2) is 0 Å². The maximum absolute atomic E-state index is 13.7. The van der Waals surface area contributed by atoms with Crippen LogP contribution in [0.2, 0.25) is 0 Å². The summed E-state index contributed by atoms with van der Waals surface area (Å²) in [5.74, 6) is 3.78. The molecule has 0 unspecified atom stereocenters. The smallest absolute Gasteiger partial charge is 0.134 e. The van der Waals surface area contributed by atoms with E-state index in [9.17, 15) is 4.21 Å². The lowest BCUT2D eigenvalue weighted by Gasteiger charge is -2.33. The third kappa shape index (κ3) is 9.59. The zero-order valence-electron chi connectivity index (χ0n) is 33.1. The molecule has 7 rings (SSSR count). The number of unbranched alkanes of at least 4 members (excludes halogenated alkanes) is 1. The minimum atomic E-state index is -1.22. The van der Waals surface area contributed by atoms with Gasteiger partial charge in [0.2, 0.25) is 0 Å². The summed E-state index contributed by atoms with van der Waals surface area (Å²) in [5.41, 5.74) is 9.75. The first kappa shape index (κ1) is 39.0. The van der Waals surface area contributed by atoms with Crippen LogP contribution >= 0.6 is 0 Å². The SMILES string of the molecule is CCCCOCCOc1ccc(-c2ccc3c(c2)/C=C(/c2nc4ccc([S@](=O)Cc5c(C)nc(C)n5CCC)cc4[nH]2)CCCN3CC2CCOCC2)cc1. The van der Waals surface area contributed by atoms with Gasteiger partial charge in [-0.1, -0.05) is 38.5 Å². The van der Waals surface area contributed by atoms with Gasteiger partial charge < -0.3 is 28.7 Å². The maximum atomic E-state index is 13.7. The Kier molecular flexibility index (Phi) is 13.2. The van der Waals surface area contributed by atoms with Crippen LogP contribution in [0.1, 0.15) is 87.4 Å². The van der Waals surface area contributed by atoms with Crippen LogP contribution in [0.25, 0.3) is 33.8 Å². The molecule has 0 bridgehead atoms. The van der Waals surface area contributed by atoms with Crippen LogP contribution in [0.15, 0.2) is 65.6 Å². The lowest BCUT2D eigenvalue weighted by Crippen LogP contribution is -2.34. The van der Waals surface area contributed by atoms with Crippen molar-refractivity contribution in [1.82, 2.24) is 19.5 Å². The highest BCUT2D eigenvalue weighted by Gasteiger charge is 2.23. The zero-order chi connectivity index (χ0) is 38.1. The van der Waals surface area contributed by atoms with Crippen molar-refractivity contribution in [3.05, 3.63) is 89.3 Å². The number of imidazole rings is 2. The number of H-pyrrole nitrogens is 1. The number of allylic oxidation sites excluding steroid dienone is 1. The molecular weight excluding hydrogens is 707 g/mol. The number of ether oxygens (including phenoxy) is 3. The van der Waals surface area contributed by atoms with E-state index in [4.69, 9.17) is 19.2 Å². The third-order valence-corrected chi connectivity index (χ3v) is 12.2. The molecule has 292 valence electrons. The van der Waals surface area contributed by atoms with Gasteiger partial charge in [-0.15, -0.1) is 0 Å². The van der Waals surface area contributed by atoms with Gasteiger partial charge in [-0.25, -0.2) is 9.97 Å². The fourth-order valence-electron chi connectivity index (χ4n) is 7.86. The van der Waals surface area contributed by atoms with E-state index in [2.05, 4.69) is 69.7 Å². The first-order valence-corrected chi connectivity index (χ1v) is 21.6. The van der Waals surface area contributed by atoms with E-state index < -0.39 is 10.8 Å². The molecule has 1 N–H and O–H groups in total. The predicted molar refractivity (Wildman–Crippen MR) is 224 cm³/mol. The predicted octanol–water partition coefficient (Wildman–Crippen LogP) is 9.52. The summed E-state index contributed by atoms with van der Waals surface area (Å²) in [6.45, 7) is 14.9. The van der Waals surface area contributed by atoms with Crippen molar-refractivity contribution in [3.8, 4) is 16.9 Å². The van der Waals surface area contributed by atoms with Crippen LogP contribution in [0.3, 0.4) is 0 Å². The molecule has 4 heterocycles. The highest BCUT2D eigenvalue weighted by molar-refractivity contribution is 7.84. The van der Waals surface area contributed by atoms with E-state index in [0.717, 1.165) is 140 Å². The van der Waals surface area contributed by atoms with Crippen molar-refractivity contribution >= 4 is 39.2 Å². The Hall–Kier alpha value is -4.25. The number of aromatic nitrogens is 4. The number of aromatic amines is 1. The van der Waals surface area contributed by atoms with Gasteiger partial charge in [0, 0.05) is 50.0 Å². The van der Waals surface area contributed by atoms with Gasteiger partial charge in [-0.3, -0.25) is 4.21 Å². The number of nitrogens with zero attached hydrogens (tertiary/aromatic N) is 4. The van der Waals surface area contributed by atoms with E-state index in [1.807, 2.05) is 44.2 Å². The summed E-state index contributed by atoms with van der Waals surface area (Å²) in [7, 11) is -1.22. The summed E-state index contributed by atoms with van der Waals surface area (Å²) in [6, 6.07) is 21.2. The summed E-state index contributed by atoms with van der Waals surface area (Å²) in [4.78, 5) is 16.8. The summed E-state index contributed by atoms with van der Waals surface area (Å²) >= 11 is 0. The van der Waals surface area contributed by atoms with Crippen molar-refractivity contribution < 1.29 is 18.4 Å². The summed E-state index contributed by atoms with van der Waals surface area (Å²) < 4.78 is 33.3. The molecule has 0 amide bonds. The number of hydrogen-bond acceptors (Lipinski definition) is 7. The molecular formula is C45H57N5O4S. The second-order valence-electron chi connectivity index (χ2n) is 15.0. The number of nitrogens with one attached hydrogen (secondary N) is 1. The molecule has 0 spiro atoms. The molecule has 2 aliphatic heterocycles. The molecule has 1 saturated heterocycles. The van der Waals surface area contributed by atoms with Crippen molar-refractivity contribution in [3.63, 3.8) is 0 Å². The van der Waals surface area contributed by atoms with Gasteiger partial charge in [-0.05, 0) is 129 Å². The standard InChI is InChI=1S/C45H57N5O4S/c1-5-7-22-52-25-26-54-39-13-10-35(11-14-39)36-12-17-43-38(27-36)28-37(9-8-21-49(43)30-34-18-23-53-24-19-34)45-47-41-16-15-40(29-42(41)48-45)55(51)31-44-32(3)46-33(4)50(44)20-6-2/h10-17,27-29,34H,5-9,18-26,30-31H2,1-4H3,(H,47,48)/b37-28+/t55-/m1/s1. The zero-order valence-corrected chi connectivity index (χ0v) is 33.9. The Morgan fingerprint density at radius 1 is 0.927 bits per heavy atom. The van der Waals surface area contributed by atoms with Crippen molar-refractivity contribution in [2.45, 2.75) is 89.8 Å². The molecule has 0 aliphatic carbocycles. The van der Waals surface area contributed by atoms with Gasteiger partial charge >= 0.3 is 0 Å². The van der Waals surface area contributed by atoms with Crippen LogP contribution in [-0.2, 0) is 32.6 Å². The first-order valence-electron chi connectivity index (χ1n) is 20.3. The number of fused-ring (bicyclic) bond motifs is 2. The molecule has 9 nitrogen and oxygen atoms in total. The molecule has 0 radical (unpaired) electrons. The second-order valence-corrected chi connectivity index (χ2v) is 16.4. The number of rotatable bonds is 16. The molecule has 5 aromatic rings. The molecule has 2 aliphatic rings. The highest BCUT2D eigenvalue weighted by Crippen LogP contribution is 2.36. The fraction of sp³-hybridized carbons (Fsp3) is 0.467. The number of aryl methyl sites for hydroxylation is 2. The normalized spacial score (nSPS) is 16.7. The largest absolute Gasteiger partial charge is 0.491 e. The molecule has 3 aromatic carbocycles. The Morgan fingerprint density at radius 2 is 1.75 bits per heavy atom. The minimum Gasteiger partial charge on any atom is -0.491 e. The van der Waals surface area contributed by atoms with Crippen molar-refractivity contribution in [2.75, 3.05) is 51.0 Å². The van der Waals surface area contributed by atoms with E-state index in [1.165, 1.54) is 16.8 Å². The third-order valence-electron chi connectivity index (χ3n) is 10.9. The Morgan fingerprint density at radius 3 is 2.55 bits per heavy atom. The van der Waals surface area contributed by atoms with Gasteiger partial charge in [0.05, 0.1) is 45.6 Å². The number of anilines is 1. The summed E-state index contributed by atoms with van der Waals surface area (Å²) in [6.07, 6.45) is 9.70. The monoisotopic (exact) mass is 763 g/mol. The lowest BCUT2D eigenvalue weighted by atomic mass is 9.94. The van der Waals surface area contributed by atoms with Crippen LogP contribution < -0.4 is 9.64 Å². The van der Waals surface area contributed by atoms with E-state index in [0.29, 0.717) is 24.9 Å². The Balaban J connectivity index is 1.15. The van der Waals surface area contributed by atoms with Crippen LogP contribution in [0.5, 0.6) is 5.75 Å². The van der Waals surface area contributed by atoms with E-state index >= 15 is 0 Å². The Bertz CT molecular complexity index is 2100. The average molecular weight is 764 g/mol. The second kappa shape index (κ2) is 18.6. The van der Waals surface area contributed by atoms with E-state index in [-0.39, 0.29) is 0 Å². The quantitative estimate of drug-likeness (QED) is 0.100. The van der Waals surface area contributed by atoms with Crippen molar-refractivity contribution in [2.24, 2.45) is 5.92 Å². The number of benzene rings is 3. The molecule has 55 heavy (non-hydrogen) atoms. The molecule has 1 fully saturated rings. The van der Waals surface area contributed by atoms with Gasteiger partial charge in [-0.2, -0.15) is 0 Å². The maximum Gasteiger partial charge on any atom is 0.134 e. The molecule has 10 heteroatoms. The molecule has 1 atom stereocenters. The average Bonchev–Trinajstić information content (AvgIpc) is 3.74. The number of hydrogen-bond donors (Lipinski definition) is 1. The molecule has 2 aromatic heterocycles. The topological polar surface area (TPSA) is 94.5 Å². The summed E-state index contributed by atoms with van der Waals surface area (Å²) in [5, 5.41) is 0. The van der Waals surface area contributed by atoms with Crippen molar-refractivity contribution in [1.29, 1.82) is 0 Å². The van der Waals surface area contributed by atoms with Crippen LogP contribution in [0.4, 0.5) is 5.69 Å². The first-order chi connectivity index (χ1) is 26.9. The van der Waals surface area contributed by atoms with E-state index in [1.54, 1.807) is 0 Å². The lowest BCUT2D eigenvalue weighted by molar-refractivity contribution is 0.0682. The van der Waals surface area contributed by atoms with Crippen LogP contribution in [-0.4, -0.2) is 69.9 Å². The highest BCUT2D eigenvalue weighted by atomic mass is 32.2. The van der Waals surface area contributed by atoms with Crippen LogP contribution in [0, 0.1) is 19.8 Å². The Labute approximate surface area is 329 Å². The fourth-order valence-corrected chi connectivity index (χ4v) is 9.11. The van der Waals surface area contributed by atoms with Gasteiger partial charge in [0.25, 0.3) is 0 Å².